The molecular formula is C7H17ClSi. The third kappa shape index (κ3) is 3.26. The minimum atomic E-state index is -0.897. The minimum absolute atomic E-state index is 0.751. The van der Waals surface area contributed by atoms with Crippen LogP contribution in [0.3, 0.4) is 0 Å². The lowest BCUT2D eigenvalue weighted by Gasteiger charge is -2.17. The number of hydrogen-bond acceptors (Lipinski definition) is 0. The van der Waals surface area contributed by atoms with Crippen LogP contribution in [0.1, 0.15) is 34.1 Å². The first kappa shape index (κ1) is 9.51. The van der Waals surface area contributed by atoms with Crippen molar-refractivity contribution in [2.24, 2.45) is 0 Å². The fraction of sp³-hybridized carbons (Fsp3) is 1.00. The summed E-state index contributed by atoms with van der Waals surface area (Å²) in [6.07, 6.45) is 1.25. The zero-order chi connectivity index (χ0) is 7.44. The molecule has 0 aromatic rings. The highest BCUT2D eigenvalue weighted by atomic mass is 35.6. The Kier molecular flexibility index (Phi) is 4.59. The van der Waals surface area contributed by atoms with Gasteiger partial charge in [0.05, 0.1) is 0 Å². The van der Waals surface area contributed by atoms with Crippen LogP contribution in [-0.4, -0.2) is 8.11 Å². The van der Waals surface area contributed by atoms with Crippen molar-refractivity contribution < 1.29 is 0 Å². The van der Waals surface area contributed by atoms with Crippen LogP contribution in [0.15, 0.2) is 0 Å². The first-order valence-electron chi connectivity index (χ1n) is 3.73. The standard InChI is InChI=1S/C7H17ClSi/c1-5-7(4)9(8)6(2)3/h6-7,9H,5H2,1-4H3. The summed E-state index contributed by atoms with van der Waals surface area (Å²) >= 11 is 6.21. The molecule has 56 valence electrons. The molecule has 9 heavy (non-hydrogen) atoms. The summed E-state index contributed by atoms with van der Waals surface area (Å²) in [4.78, 5) is 0. The van der Waals surface area contributed by atoms with E-state index in [4.69, 9.17) is 11.1 Å². The first-order chi connectivity index (χ1) is 4.09. The van der Waals surface area contributed by atoms with Crippen molar-refractivity contribution in [2.45, 2.75) is 45.2 Å². The van der Waals surface area contributed by atoms with Crippen molar-refractivity contribution in [1.82, 2.24) is 0 Å². The highest BCUT2D eigenvalue weighted by Gasteiger charge is 2.17. The lowest BCUT2D eigenvalue weighted by atomic mass is 10.4. The molecule has 0 saturated carbocycles. The van der Waals surface area contributed by atoms with Crippen LogP contribution in [0.5, 0.6) is 0 Å². The van der Waals surface area contributed by atoms with Crippen molar-refractivity contribution in [1.29, 1.82) is 0 Å². The molecule has 0 radical (unpaired) electrons. The Labute approximate surface area is 64.9 Å². The molecule has 0 heterocycles. The summed E-state index contributed by atoms with van der Waals surface area (Å²) in [5.41, 5.74) is 1.55. The average molecular weight is 165 g/mol. The maximum absolute atomic E-state index is 6.21. The van der Waals surface area contributed by atoms with E-state index in [1.807, 2.05) is 0 Å². The fourth-order valence-electron chi connectivity index (χ4n) is 0.882. The van der Waals surface area contributed by atoms with Crippen molar-refractivity contribution in [2.75, 3.05) is 0 Å². The van der Waals surface area contributed by atoms with E-state index in [-0.39, 0.29) is 0 Å². The summed E-state index contributed by atoms with van der Waals surface area (Å²) < 4.78 is 0. The van der Waals surface area contributed by atoms with Crippen molar-refractivity contribution in [3.63, 3.8) is 0 Å². The molecule has 0 bridgehead atoms. The molecule has 2 unspecified atom stereocenters. The largest absolute Gasteiger partial charge is 0.171 e. The van der Waals surface area contributed by atoms with Gasteiger partial charge in [0, 0.05) is 0 Å². The second-order valence-electron chi connectivity index (χ2n) is 3.07. The monoisotopic (exact) mass is 164 g/mol. The van der Waals surface area contributed by atoms with Gasteiger partial charge >= 0.3 is 0 Å². The second kappa shape index (κ2) is 4.34. The molecule has 0 aliphatic carbocycles. The zero-order valence-corrected chi connectivity index (χ0v) is 8.73. The fourth-order valence-corrected chi connectivity index (χ4v) is 3.18. The van der Waals surface area contributed by atoms with E-state index in [2.05, 4.69) is 27.7 Å². The maximum atomic E-state index is 6.21. The van der Waals surface area contributed by atoms with E-state index in [0.717, 1.165) is 11.1 Å². The van der Waals surface area contributed by atoms with E-state index in [9.17, 15) is 0 Å². The molecule has 0 N–H and O–H groups in total. The van der Waals surface area contributed by atoms with Gasteiger partial charge < -0.3 is 0 Å². The van der Waals surface area contributed by atoms with Gasteiger partial charge in [0.1, 0.15) is 8.11 Å². The lowest BCUT2D eigenvalue weighted by molar-refractivity contribution is 0.839. The Morgan fingerprint density at radius 2 is 1.78 bits per heavy atom. The van der Waals surface area contributed by atoms with Gasteiger partial charge in [-0.1, -0.05) is 34.1 Å². The smallest absolute Gasteiger partial charge is 0.146 e. The molecule has 0 rings (SSSR count). The number of rotatable bonds is 3. The molecule has 2 heteroatoms. The van der Waals surface area contributed by atoms with Crippen LogP contribution >= 0.6 is 11.1 Å². The highest BCUT2D eigenvalue weighted by molar-refractivity contribution is 7.08. The van der Waals surface area contributed by atoms with Crippen molar-refractivity contribution in [3.8, 4) is 0 Å². The minimum Gasteiger partial charge on any atom is -0.171 e. The summed E-state index contributed by atoms with van der Waals surface area (Å²) in [5, 5.41) is 0. The molecule has 0 amide bonds. The summed E-state index contributed by atoms with van der Waals surface area (Å²) in [7, 11) is -0.897. The van der Waals surface area contributed by atoms with Gasteiger partial charge in [-0.2, -0.15) is 11.1 Å². The summed E-state index contributed by atoms with van der Waals surface area (Å²) in [5.74, 6) is 0. The van der Waals surface area contributed by atoms with Gasteiger partial charge in [-0.05, 0) is 11.1 Å². The molecule has 0 nitrogen and oxygen atoms in total. The molecule has 0 aromatic carbocycles. The van der Waals surface area contributed by atoms with Crippen LogP contribution in [0, 0.1) is 0 Å². The van der Waals surface area contributed by atoms with E-state index in [1.165, 1.54) is 6.42 Å². The number of hydrogen-bond donors (Lipinski definition) is 0. The van der Waals surface area contributed by atoms with Crippen LogP contribution in [0.4, 0.5) is 0 Å². The summed E-state index contributed by atoms with van der Waals surface area (Å²) in [6, 6.07) is 0. The summed E-state index contributed by atoms with van der Waals surface area (Å²) in [6.45, 7) is 8.95. The average Bonchev–Trinajstić information content (AvgIpc) is 1.84. The molecular weight excluding hydrogens is 148 g/mol. The third-order valence-corrected chi connectivity index (χ3v) is 7.46. The Bertz CT molecular complexity index is 73.3. The SMILES string of the molecule is CCC(C)[SiH](Cl)C(C)C. The topological polar surface area (TPSA) is 0 Å². The van der Waals surface area contributed by atoms with Crippen molar-refractivity contribution in [3.05, 3.63) is 0 Å². The van der Waals surface area contributed by atoms with Crippen LogP contribution in [-0.2, 0) is 0 Å². The maximum Gasteiger partial charge on any atom is 0.146 e. The van der Waals surface area contributed by atoms with Gasteiger partial charge in [0.2, 0.25) is 0 Å². The Hall–Kier alpha value is 0.507. The predicted molar refractivity (Wildman–Crippen MR) is 47.8 cm³/mol. The Balaban J connectivity index is 3.58. The van der Waals surface area contributed by atoms with Crippen LogP contribution in [0.25, 0.3) is 0 Å². The molecule has 2 atom stereocenters. The third-order valence-electron chi connectivity index (χ3n) is 1.82. The van der Waals surface area contributed by atoms with E-state index in [0.29, 0.717) is 0 Å². The van der Waals surface area contributed by atoms with Gasteiger partial charge in [-0.15, -0.1) is 0 Å². The highest BCUT2D eigenvalue weighted by Crippen LogP contribution is 2.25. The normalized spacial score (nSPS) is 18.0. The molecule has 0 aliphatic rings. The van der Waals surface area contributed by atoms with Gasteiger partial charge in [-0.25, -0.2) is 0 Å². The molecule has 0 saturated heterocycles. The van der Waals surface area contributed by atoms with Gasteiger partial charge in [-0.3, -0.25) is 0 Å². The van der Waals surface area contributed by atoms with E-state index >= 15 is 0 Å². The van der Waals surface area contributed by atoms with Crippen LogP contribution in [0.2, 0.25) is 11.1 Å². The molecule has 0 spiro atoms. The molecule has 0 aromatic heterocycles. The van der Waals surface area contributed by atoms with Gasteiger partial charge in [0.15, 0.2) is 0 Å². The van der Waals surface area contributed by atoms with E-state index < -0.39 is 8.11 Å². The van der Waals surface area contributed by atoms with Crippen LogP contribution < -0.4 is 0 Å². The lowest BCUT2D eigenvalue weighted by Crippen LogP contribution is -2.14. The molecule has 0 aliphatic heterocycles. The second-order valence-corrected chi connectivity index (χ2v) is 7.95. The number of halogens is 1. The van der Waals surface area contributed by atoms with Gasteiger partial charge in [0.25, 0.3) is 0 Å². The molecule has 0 fully saturated rings. The quantitative estimate of drug-likeness (QED) is 0.444. The Morgan fingerprint density at radius 1 is 1.33 bits per heavy atom. The predicted octanol–water partition coefficient (Wildman–Crippen LogP) is 3.16. The van der Waals surface area contributed by atoms with E-state index in [1.54, 1.807) is 0 Å². The zero-order valence-electron chi connectivity index (χ0n) is 6.82. The first-order valence-corrected chi connectivity index (χ1v) is 6.81. The Morgan fingerprint density at radius 3 is 1.89 bits per heavy atom. The van der Waals surface area contributed by atoms with Crippen molar-refractivity contribution >= 4 is 19.2 Å².